The molecule has 7 rings (SSSR count). The molecule has 4 aromatic carbocycles. The van der Waals surface area contributed by atoms with Crippen LogP contribution >= 0.6 is 0 Å². The van der Waals surface area contributed by atoms with E-state index in [2.05, 4.69) is 15.3 Å². The Balaban J connectivity index is 1.20. The maximum Gasteiger partial charge on any atom is 0.431 e. The monoisotopic (exact) mass is 549 g/mol. The van der Waals surface area contributed by atoms with Gasteiger partial charge in [-0.25, -0.2) is 0 Å². The van der Waals surface area contributed by atoms with Crippen molar-refractivity contribution in [1.82, 2.24) is 9.97 Å². The van der Waals surface area contributed by atoms with E-state index in [0.29, 0.717) is 44.7 Å². The number of benzene rings is 4. The van der Waals surface area contributed by atoms with E-state index in [1.54, 1.807) is 48.5 Å². The Morgan fingerprint density at radius 1 is 0.475 bits per heavy atom. The van der Waals surface area contributed by atoms with Gasteiger partial charge in [-0.05, 0) is 82.9 Å². The summed E-state index contributed by atoms with van der Waals surface area (Å²) in [7, 11) is 0. The molecule has 10 heteroatoms. The highest BCUT2D eigenvalue weighted by atomic mass is 19.4. The van der Waals surface area contributed by atoms with Gasteiger partial charge in [-0.3, -0.25) is 0 Å². The fourth-order valence-electron chi connectivity index (χ4n) is 4.99. The molecule has 0 atom stereocenters. The third kappa shape index (κ3) is 4.12. The molecule has 0 amide bonds. The lowest BCUT2D eigenvalue weighted by atomic mass is 10.0. The van der Waals surface area contributed by atoms with E-state index >= 15 is 0 Å². The largest absolute Gasteiger partial charge is 0.453 e. The topological polar surface area (TPSA) is 52.8 Å². The molecular weight excluding hydrogens is 532 g/mol. The summed E-state index contributed by atoms with van der Waals surface area (Å²) in [6, 6.07) is 23.2. The van der Waals surface area contributed by atoms with Gasteiger partial charge in [-0.2, -0.15) is 26.3 Å². The lowest BCUT2D eigenvalue weighted by molar-refractivity contribution is -0.141. The van der Waals surface area contributed by atoms with Gasteiger partial charge in [0, 0.05) is 21.8 Å². The number of nitrogens with one attached hydrogen (secondary N) is 3. The summed E-state index contributed by atoms with van der Waals surface area (Å²) in [5.41, 5.74) is 3.56. The van der Waals surface area contributed by atoms with Crippen molar-refractivity contribution < 1.29 is 31.1 Å². The fourth-order valence-corrected chi connectivity index (χ4v) is 4.99. The Bertz CT molecular complexity index is 1810. The van der Waals surface area contributed by atoms with Gasteiger partial charge >= 0.3 is 12.4 Å². The number of rotatable bonds is 2. The third-order valence-corrected chi connectivity index (χ3v) is 6.97. The molecule has 6 aromatic rings. The van der Waals surface area contributed by atoms with Gasteiger partial charge in [0.1, 0.15) is 11.4 Å². The zero-order chi connectivity index (χ0) is 27.8. The molecule has 0 aliphatic carbocycles. The van der Waals surface area contributed by atoms with E-state index in [0.717, 1.165) is 34.4 Å². The maximum atomic E-state index is 13.1. The van der Waals surface area contributed by atoms with Crippen molar-refractivity contribution in [2.75, 3.05) is 5.32 Å². The van der Waals surface area contributed by atoms with Gasteiger partial charge in [0.2, 0.25) is 0 Å². The van der Waals surface area contributed by atoms with Crippen LogP contribution in [0, 0.1) is 0 Å². The van der Waals surface area contributed by atoms with Crippen LogP contribution in [-0.4, -0.2) is 9.97 Å². The highest BCUT2D eigenvalue weighted by Gasteiger charge is 2.33. The van der Waals surface area contributed by atoms with Gasteiger partial charge in [-0.1, -0.05) is 24.3 Å². The quantitative estimate of drug-likeness (QED) is 0.188. The van der Waals surface area contributed by atoms with Crippen molar-refractivity contribution >= 4 is 33.2 Å². The van der Waals surface area contributed by atoms with Crippen LogP contribution in [0.2, 0.25) is 0 Å². The first-order chi connectivity index (χ1) is 19.0. The predicted octanol–water partition coefficient (Wildman–Crippen LogP) is 9.87. The summed E-state index contributed by atoms with van der Waals surface area (Å²) in [4.78, 5) is 4.80. The molecule has 3 heterocycles. The van der Waals surface area contributed by atoms with Gasteiger partial charge < -0.3 is 20.0 Å². The lowest BCUT2D eigenvalue weighted by Gasteiger charge is -2.23. The van der Waals surface area contributed by atoms with Crippen molar-refractivity contribution in [1.29, 1.82) is 0 Å². The van der Waals surface area contributed by atoms with E-state index in [-0.39, 0.29) is 0 Å². The minimum absolute atomic E-state index is 0.393. The van der Waals surface area contributed by atoms with Crippen LogP contribution in [-0.2, 0) is 12.4 Å². The van der Waals surface area contributed by atoms with Crippen LogP contribution in [0.25, 0.3) is 44.1 Å². The van der Waals surface area contributed by atoms with Gasteiger partial charge in [0.05, 0.1) is 11.4 Å². The molecule has 0 unspecified atom stereocenters. The summed E-state index contributed by atoms with van der Waals surface area (Å²) in [5, 5.41) is 4.24. The second-order valence-electron chi connectivity index (χ2n) is 9.61. The van der Waals surface area contributed by atoms with Gasteiger partial charge in [-0.15, -0.1) is 0 Å². The second kappa shape index (κ2) is 8.32. The average Bonchev–Trinajstić information content (AvgIpc) is 3.55. The second-order valence-corrected chi connectivity index (χ2v) is 9.61. The normalized spacial score (nSPS) is 13.2. The Morgan fingerprint density at radius 3 is 1.30 bits per heavy atom. The molecule has 2 aromatic heterocycles. The number of hydrogen-bond donors (Lipinski definition) is 3. The zero-order valence-electron chi connectivity index (χ0n) is 20.3. The van der Waals surface area contributed by atoms with Crippen molar-refractivity contribution in [3.05, 3.63) is 96.3 Å². The number of hydrogen-bond acceptors (Lipinski definition) is 2. The van der Waals surface area contributed by atoms with Crippen molar-refractivity contribution in [3.63, 3.8) is 0 Å². The minimum atomic E-state index is -4.46. The Labute approximate surface area is 222 Å². The highest BCUT2D eigenvalue weighted by molar-refractivity contribution is 5.90. The van der Waals surface area contributed by atoms with E-state index < -0.39 is 23.7 Å². The molecule has 0 saturated heterocycles. The number of aromatic amines is 2. The first-order valence-electron chi connectivity index (χ1n) is 12.1. The molecule has 3 N–H and O–H groups in total. The summed E-state index contributed by atoms with van der Waals surface area (Å²) in [6.45, 7) is 0. The lowest BCUT2D eigenvalue weighted by Crippen LogP contribution is -2.04. The first-order valence-corrected chi connectivity index (χ1v) is 12.1. The third-order valence-electron chi connectivity index (χ3n) is 6.97. The Morgan fingerprint density at radius 2 is 0.875 bits per heavy atom. The molecule has 0 saturated carbocycles. The standard InChI is InChI=1S/C30H17F6N3O/c31-29(32,33)27-13-19-9-15(1-5-21(19)38-27)17-3-7-25-23(11-17)37-24-12-18(4-8-26(24)40-25)16-2-6-22-20(10-16)14-28(39-22)30(34,35)36/h1-14,37-39H. The van der Waals surface area contributed by atoms with Crippen LogP contribution in [0.1, 0.15) is 11.4 Å². The Hall–Kier alpha value is -4.86. The SMILES string of the molecule is FC(F)(F)c1cc2cc(-c3ccc4c(c3)Nc3cc(-c5ccc6[nH]c(C(F)(F)F)cc6c5)ccc3O4)ccc2[nH]1. The van der Waals surface area contributed by atoms with Crippen molar-refractivity contribution in [3.8, 4) is 33.8 Å². The van der Waals surface area contributed by atoms with Crippen molar-refractivity contribution in [2.24, 2.45) is 0 Å². The number of alkyl halides is 6. The van der Waals surface area contributed by atoms with Crippen LogP contribution in [0.4, 0.5) is 37.7 Å². The number of fused-ring (bicyclic) bond motifs is 4. The number of H-pyrrole nitrogens is 2. The van der Waals surface area contributed by atoms with E-state index in [4.69, 9.17) is 4.74 Å². The zero-order valence-corrected chi connectivity index (χ0v) is 20.3. The molecule has 0 radical (unpaired) electrons. The van der Waals surface area contributed by atoms with E-state index in [1.807, 2.05) is 24.3 Å². The number of aromatic nitrogens is 2. The molecule has 40 heavy (non-hydrogen) atoms. The minimum Gasteiger partial charge on any atom is -0.453 e. The maximum absolute atomic E-state index is 13.1. The molecule has 0 bridgehead atoms. The molecule has 4 nitrogen and oxygen atoms in total. The first kappa shape index (κ1) is 24.2. The summed E-state index contributed by atoms with van der Waals surface area (Å²) in [6.07, 6.45) is -8.92. The van der Waals surface area contributed by atoms with E-state index in [1.165, 1.54) is 0 Å². The summed E-state index contributed by atoms with van der Waals surface area (Å²) >= 11 is 0. The van der Waals surface area contributed by atoms with Crippen LogP contribution in [0.15, 0.2) is 84.9 Å². The predicted molar refractivity (Wildman–Crippen MR) is 141 cm³/mol. The molecule has 1 aliphatic heterocycles. The van der Waals surface area contributed by atoms with Crippen LogP contribution in [0.5, 0.6) is 11.5 Å². The summed E-state index contributed by atoms with van der Waals surface area (Å²) < 4.78 is 84.7. The van der Waals surface area contributed by atoms with Gasteiger partial charge in [0.25, 0.3) is 0 Å². The molecule has 1 aliphatic rings. The molecular formula is C30H17F6N3O. The van der Waals surface area contributed by atoms with Gasteiger partial charge in [0.15, 0.2) is 11.5 Å². The molecule has 200 valence electrons. The fraction of sp³-hybridized carbons (Fsp3) is 0.0667. The van der Waals surface area contributed by atoms with Crippen LogP contribution in [0.3, 0.4) is 0 Å². The smallest absolute Gasteiger partial charge is 0.431 e. The van der Waals surface area contributed by atoms with Crippen molar-refractivity contribution in [2.45, 2.75) is 12.4 Å². The number of halogens is 6. The van der Waals surface area contributed by atoms with Crippen LogP contribution < -0.4 is 10.1 Å². The highest BCUT2D eigenvalue weighted by Crippen LogP contribution is 2.45. The number of anilines is 2. The van der Waals surface area contributed by atoms with E-state index in [9.17, 15) is 26.3 Å². The Kier molecular flexibility index (Phi) is 5.03. The average molecular weight is 549 g/mol. The summed E-state index contributed by atoms with van der Waals surface area (Å²) in [5.74, 6) is 1.17. The molecule has 0 spiro atoms. The number of ether oxygens (including phenoxy) is 1. The molecule has 0 fully saturated rings.